The summed E-state index contributed by atoms with van der Waals surface area (Å²) >= 11 is 0. The number of phenolic OH excluding ortho intramolecular Hbond substituents is 2. The fraction of sp³-hybridized carbons (Fsp3) is 0.625. The van der Waals surface area contributed by atoms with Gasteiger partial charge in [0.05, 0.1) is 0 Å². The molecule has 0 bridgehead atoms. The van der Waals surface area contributed by atoms with E-state index in [0.717, 1.165) is 22.3 Å². The zero-order valence-electron chi connectivity index (χ0n) is 26.5. The van der Waals surface area contributed by atoms with E-state index in [1.165, 1.54) is 6.92 Å². The number of phenols is 2. The van der Waals surface area contributed by atoms with Crippen molar-refractivity contribution in [1.29, 1.82) is 0 Å². The predicted octanol–water partition coefficient (Wildman–Crippen LogP) is 6.36. The minimum atomic E-state index is -5.09. The molecule has 0 aliphatic carbocycles. The molecular weight excluding hydrogens is 535 g/mol. The molecule has 7 heteroatoms. The van der Waals surface area contributed by atoms with Crippen LogP contribution in [-0.4, -0.2) is 53.1 Å². The van der Waals surface area contributed by atoms with Crippen molar-refractivity contribution < 1.29 is 24.6 Å². The van der Waals surface area contributed by atoms with Gasteiger partial charge in [0.25, 0.3) is 0 Å². The Morgan fingerprint density at radius 1 is 0.564 bits per heavy atom. The first-order valence-corrected chi connectivity index (χ1v) is 15.0. The summed E-state index contributed by atoms with van der Waals surface area (Å²) in [7, 11) is -5.09. The molecule has 5 nitrogen and oxygen atoms in total. The minimum Gasteiger partial charge on any atom is -0.810 e. The van der Waals surface area contributed by atoms with Crippen LogP contribution in [0.15, 0.2) is 24.3 Å². The normalized spacial score (nSPS) is 13.8. The molecule has 0 aromatic heterocycles. The first kappa shape index (κ1) is 36.5. The molecule has 0 heterocycles. The van der Waals surface area contributed by atoms with E-state index in [1.54, 1.807) is 0 Å². The summed E-state index contributed by atoms with van der Waals surface area (Å²) in [4.78, 5) is 25.8. The van der Waals surface area contributed by atoms with E-state index in [2.05, 4.69) is 0 Å². The second kappa shape index (κ2) is 11.6. The third kappa shape index (κ3) is 8.49. The molecule has 0 saturated carbocycles. The average molecular weight is 585 g/mol. The number of benzene rings is 2. The Balaban J connectivity index is 0.00000760. The summed E-state index contributed by atoms with van der Waals surface area (Å²) in [5, 5.41) is 20.6. The first-order valence-electron chi connectivity index (χ1n) is 13.4. The Hall–Kier alpha value is -0.550. The fourth-order valence-corrected chi connectivity index (χ4v) is 5.77. The van der Waals surface area contributed by atoms with Crippen LogP contribution < -0.4 is 9.79 Å². The molecule has 39 heavy (non-hydrogen) atoms. The standard InChI is InChI=1S/C32H51O5P.Ca/c1-28(2,3)22-14-20(15-23(26(22)33)29(4,5)6)18-32(13,38(35,36)37)19-21-16-24(30(7,8)9)27(34)25(17-21)31(10,11)12;/h14-17,33-34H,18-19H2,1-13H3,(H2,35,36,37);/q;+2/p-2. The van der Waals surface area contributed by atoms with Crippen molar-refractivity contribution in [1.82, 2.24) is 0 Å². The largest absolute Gasteiger partial charge is 2.00 e. The number of hydrogen-bond acceptors (Lipinski definition) is 5. The second-order valence-corrected chi connectivity index (χ2v) is 17.5. The van der Waals surface area contributed by atoms with Gasteiger partial charge in [-0.3, -0.25) is 0 Å². The summed E-state index contributed by atoms with van der Waals surface area (Å²) < 4.78 is 12.9. The van der Waals surface area contributed by atoms with E-state index in [1.807, 2.05) is 107 Å². The van der Waals surface area contributed by atoms with E-state index in [9.17, 15) is 24.6 Å². The first-order chi connectivity index (χ1) is 16.7. The van der Waals surface area contributed by atoms with Crippen molar-refractivity contribution >= 4 is 45.3 Å². The molecule has 2 N–H and O–H groups in total. The van der Waals surface area contributed by atoms with Crippen molar-refractivity contribution in [3.8, 4) is 11.5 Å². The Morgan fingerprint density at radius 2 is 0.769 bits per heavy atom. The Kier molecular flexibility index (Phi) is 10.9. The second-order valence-electron chi connectivity index (χ2n) is 15.4. The van der Waals surface area contributed by atoms with E-state index in [-0.39, 0.29) is 83.7 Å². The quantitative estimate of drug-likeness (QED) is 0.314. The van der Waals surface area contributed by atoms with Crippen LogP contribution in [0.3, 0.4) is 0 Å². The van der Waals surface area contributed by atoms with Crippen LogP contribution in [0.5, 0.6) is 11.5 Å². The maximum atomic E-state index is 12.9. The third-order valence-corrected chi connectivity index (χ3v) is 9.04. The molecule has 2 aromatic carbocycles. The van der Waals surface area contributed by atoms with Gasteiger partial charge in [-0.1, -0.05) is 122 Å². The predicted molar refractivity (Wildman–Crippen MR) is 160 cm³/mol. The molecule has 0 aliphatic heterocycles. The SMILES string of the molecule is CC(C)(C)c1cc(CC(C)(Cc2cc(C(C)(C)C)c(O)c(C(C)(C)C)c2)P(=O)([O-])[O-])cc(C(C)(C)C)c1O.[Ca+2]. The molecule has 0 radical (unpaired) electrons. The van der Waals surface area contributed by atoms with Crippen LogP contribution in [0.1, 0.15) is 123 Å². The van der Waals surface area contributed by atoms with Crippen LogP contribution in [0.25, 0.3) is 0 Å². The minimum absolute atomic E-state index is 0. The summed E-state index contributed by atoms with van der Waals surface area (Å²) in [5.41, 5.74) is 2.80. The molecule has 2 rings (SSSR count). The van der Waals surface area contributed by atoms with Crippen molar-refractivity contribution in [2.75, 3.05) is 0 Å². The third-order valence-electron chi connectivity index (χ3n) is 7.40. The molecule has 214 valence electrons. The van der Waals surface area contributed by atoms with Crippen molar-refractivity contribution in [3.05, 3.63) is 57.6 Å². The van der Waals surface area contributed by atoms with Crippen LogP contribution in [0, 0.1) is 0 Å². The van der Waals surface area contributed by atoms with E-state index in [0.29, 0.717) is 11.1 Å². The average Bonchev–Trinajstić information content (AvgIpc) is 2.66. The molecule has 0 aliphatic rings. The molecule has 0 amide bonds. The van der Waals surface area contributed by atoms with E-state index < -0.39 is 12.8 Å². The fourth-order valence-electron chi connectivity index (χ4n) is 5.02. The number of hydrogen-bond donors (Lipinski definition) is 2. The van der Waals surface area contributed by atoms with Gasteiger partial charge in [-0.05, 0) is 67.9 Å². The zero-order chi connectivity index (χ0) is 29.9. The van der Waals surface area contributed by atoms with Gasteiger partial charge in [0.2, 0.25) is 0 Å². The summed E-state index contributed by atoms with van der Waals surface area (Å²) in [6.07, 6.45) is 0.0284. The van der Waals surface area contributed by atoms with E-state index >= 15 is 0 Å². The maximum Gasteiger partial charge on any atom is 2.00 e. The van der Waals surface area contributed by atoms with Gasteiger partial charge >= 0.3 is 37.7 Å². The van der Waals surface area contributed by atoms with Gasteiger partial charge in [0.15, 0.2) is 0 Å². The molecule has 0 saturated heterocycles. The van der Waals surface area contributed by atoms with Gasteiger partial charge in [-0.15, -0.1) is 0 Å². The maximum absolute atomic E-state index is 12.9. The Bertz CT molecular complexity index is 1080. The van der Waals surface area contributed by atoms with Crippen LogP contribution in [0.2, 0.25) is 0 Å². The molecule has 0 unspecified atom stereocenters. The van der Waals surface area contributed by atoms with Gasteiger partial charge in [-0.25, -0.2) is 0 Å². The molecule has 0 spiro atoms. The molecule has 0 fully saturated rings. The molecule has 0 atom stereocenters. The van der Waals surface area contributed by atoms with Crippen LogP contribution >= 0.6 is 7.60 Å². The smallest absolute Gasteiger partial charge is 0.810 e. The van der Waals surface area contributed by atoms with Crippen molar-refractivity contribution in [2.24, 2.45) is 0 Å². The van der Waals surface area contributed by atoms with Gasteiger partial charge in [0, 0.05) is 5.16 Å². The zero-order valence-corrected chi connectivity index (χ0v) is 29.6. The number of rotatable bonds is 5. The summed E-state index contributed by atoms with van der Waals surface area (Å²) in [6.45, 7) is 25.5. The van der Waals surface area contributed by atoms with Gasteiger partial charge < -0.3 is 24.6 Å². The van der Waals surface area contributed by atoms with Crippen LogP contribution in [0.4, 0.5) is 0 Å². The van der Waals surface area contributed by atoms with E-state index in [4.69, 9.17) is 0 Å². The Labute approximate surface area is 267 Å². The molecular formula is C32H49CaO5P. The van der Waals surface area contributed by atoms with Gasteiger partial charge in [-0.2, -0.15) is 0 Å². The molecule has 2 aromatic rings. The van der Waals surface area contributed by atoms with Crippen molar-refractivity contribution in [3.63, 3.8) is 0 Å². The van der Waals surface area contributed by atoms with Crippen LogP contribution in [-0.2, 0) is 39.1 Å². The monoisotopic (exact) mass is 584 g/mol. The summed E-state index contributed by atoms with van der Waals surface area (Å²) in [5.74, 6) is 0.428. The summed E-state index contributed by atoms with van der Waals surface area (Å²) in [6, 6.07) is 7.37. The number of aromatic hydroxyl groups is 2. The topological polar surface area (TPSA) is 104 Å². The van der Waals surface area contributed by atoms with Crippen molar-refractivity contribution in [2.45, 2.75) is 130 Å². The van der Waals surface area contributed by atoms with Gasteiger partial charge in [0.1, 0.15) is 11.5 Å². The Morgan fingerprint density at radius 3 is 0.923 bits per heavy atom.